The minimum Gasteiger partial charge on any atom is -0.393 e. The Kier molecular flexibility index (Phi) is 3.87. The van der Waals surface area contributed by atoms with Crippen LogP contribution in [0.25, 0.3) is 0 Å². The van der Waals surface area contributed by atoms with E-state index in [1.54, 1.807) is 0 Å². The van der Waals surface area contributed by atoms with E-state index < -0.39 is 0 Å². The van der Waals surface area contributed by atoms with Gasteiger partial charge in [-0.2, -0.15) is 0 Å². The van der Waals surface area contributed by atoms with Crippen LogP contribution in [-0.4, -0.2) is 35.5 Å². The average Bonchev–Trinajstić information content (AvgIpc) is 2.86. The Balaban J connectivity index is 1.65. The highest BCUT2D eigenvalue weighted by Gasteiger charge is 2.61. The molecule has 0 aromatic carbocycles. The molecule has 0 aromatic rings. The number of nitrogens with one attached hydrogen (secondary N) is 1. The monoisotopic (exact) mass is 321 g/mol. The smallest absolute Gasteiger partial charge is 0.0577 e. The zero-order chi connectivity index (χ0) is 16.4. The van der Waals surface area contributed by atoms with Gasteiger partial charge in [-0.25, -0.2) is 0 Å². The van der Waals surface area contributed by atoms with Crippen LogP contribution in [0.3, 0.4) is 0 Å². The van der Waals surface area contributed by atoms with E-state index in [0.717, 1.165) is 37.5 Å². The number of hydrogen-bond donors (Lipinski definition) is 3. The Morgan fingerprint density at radius 3 is 2.26 bits per heavy atom. The summed E-state index contributed by atoms with van der Waals surface area (Å²) in [5, 5.41) is 24.6. The second-order valence-corrected chi connectivity index (χ2v) is 9.68. The second-order valence-electron chi connectivity index (χ2n) is 9.68. The van der Waals surface area contributed by atoms with E-state index in [0.29, 0.717) is 23.3 Å². The fourth-order valence-electron chi connectivity index (χ4n) is 7.75. The quantitative estimate of drug-likeness (QED) is 0.696. The molecule has 0 amide bonds. The van der Waals surface area contributed by atoms with Gasteiger partial charge in [-0.05, 0) is 92.9 Å². The summed E-state index contributed by atoms with van der Waals surface area (Å²) in [6.07, 6.45) is 8.75. The lowest BCUT2D eigenvalue weighted by atomic mass is 9.44. The summed E-state index contributed by atoms with van der Waals surface area (Å²) in [7, 11) is 2.12. The number of rotatable bonds is 1. The normalized spacial score (nSPS) is 59.1. The highest BCUT2D eigenvalue weighted by molar-refractivity contribution is 5.12. The molecule has 0 unspecified atom stereocenters. The van der Waals surface area contributed by atoms with E-state index in [4.69, 9.17) is 0 Å². The summed E-state index contributed by atoms with van der Waals surface area (Å²) in [6.45, 7) is 4.95. The molecule has 3 N–H and O–H groups in total. The van der Waals surface area contributed by atoms with Crippen LogP contribution in [0.1, 0.15) is 65.2 Å². The first-order valence-electron chi connectivity index (χ1n) is 9.93. The van der Waals surface area contributed by atoms with Crippen molar-refractivity contribution in [3.05, 3.63) is 0 Å². The summed E-state index contributed by atoms with van der Waals surface area (Å²) in [6, 6.07) is 0.657. The van der Waals surface area contributed by atoms with Crippen LogP contribution < -0.4 is 5.32 Å². The molecule has 4 aliphatic carbocycles. The number of fused-ring (bicyclic) bond motifs is 5. The summed E-state index contributed by atoms with van der Waals surface area (Å²) < 4.78 is 0. The first kappa shape index (κ1) is 16.4. The molecule has 3 nitrogen and oxygen atoms in total. The lowest BCUT2D eigenvalue weighted by Gasteiger charge is -2.62. The highest BCUT2D eigenvalue weighted by atomic mass is 16.3. The molecule has 9 atom stereocenters. The fraction of sp³-hybridized carbons (Fsp3) is 1.00. The van der Waals surface area contributed by atoms with Crippen molar-refractivity contribution in [1.29, 1.82) is 0 Å². The zero-order valence-corrected chi connectivity index (χ0v) is 15.1. The van der Waals surface area contributed by atoms with Gasteiger partial charge in [0.05, 0.1) is 12.2 Å². The van der Waals surface area contributed by atoms with Gasteiger partial charge < -0.3 is 15.5 Å². The van der Waals surface area contributed by atoms with E-state index in [1.165, 1.54) is 25.7 Å². The third kappa shape index (κ3) is 2.19. The molecule has 0 radical (unpaired) electrons. The van der Waals surface area contributed by atoms with Gasteiger partial charge in [-0.1, -0.05) is 13.8 Å². The Morgan fingerprint density at radius 1 is 0.826 bits per heavy atom. The van der Waals surface area contributed by atoms with Crippen molar-refractivity contribution in [3.63, 3.8) is 0 Å². The minimum atomic E-state index is -0.202. The van der Waals surface area contributed by atoms with Crippen LogP contribution in [-0.2, 0) is 0 Å². The van der Waals surface area contributed by atoms with Gasteiger partial charge in [0, 0.05) is 6.04 Å². The number of hydrogen-bond acceptors (Lipinski definition) is 3. The molecule has 0 spiro atoms. The van der Waals surface area contributed by atoms with E-state index >= 15 is 0 Å². The summed E-state index contributed by atoms with van der Waals surface area (Å²) >= 11 is 0. The maximum Gasteiger partial charge on any atom is 0.0577 e. The zero-order valence-electron chi connectivity index (χ0n) is 15.1. The van der Waals surface area contributed by atoms with Gasteiger partial charge in [-0.15, -0.1) is 0 Å². The largest absolute Gasteiger partial charge is 0.393 e. The summed E-state index contributed by atoms with van der Waals surface area (Å²) in [5.74, 6) is 2.55. The van der Waals surface area contributed by atoms with Crippen molar-refractivity contribution in [1.82, 2.24) is 5.32 Å². The molecular formula is C20H35NO2. The molecule has 0 bridgehead atoms. The predicted molar refractivity (Wildman–Crippen MR) is 92.0 cm³/mol. The average molecular weight is 322 g/mol. The first-order chi connectivity index (χ1) is 10.9. The molecule has 132 valence electrons. The van der Waals surface area contributed by atoms with Gasteiger partial charge in [0.1, 0.15) is 0 Å². The molecule has 0 aliphatic heterocycles. The van der Waals surface area contributed by atoms with Crippen molar-refractivity contribution in [2.75, 3.05) is 7.05 Å². The summed E-state index contributed by atoms with van der Waals surface area (Å²) in [4.78, 5) is 0. The summed E-state index contributed by atoms with van der Waals surface area (Å²) in [5.41, 5.74) is 0.674. The van der Waals surface area contributed by atoms with Crippen LogP contribution >= 0.6 is 0 Å². The molecule has 4 rings (SSSR count). The molecule has 4 saturated carbocycles. The number of aliphatic hydroxyl groups excluding tert-OH is 2. The van der Waals surface area contributed by atoms with E-state index in [-0.39, 0.29) is 17.6 Å². The molecular weight excluding hydrogens is 286 g/mol. The third-order valence-corrected chi connectivity index (χ3v) is 9.00. The first-order valence-corrected chi connectivity index (χ1v) is 9.93. The van der Waals surface area contributed by atoms with E-state index in [2.05, 4.69) is 26.2 Å². The fourth-order valence-corrected chi connectivity index (χ4v) is 7.75. The molecule has 4 fully saturated rings. The van der Waals surface area contributed by atoms with Gasteiger partial charge >= 0.3 is 0 Å². The van der Waals surface area contributed by atoms with Crippen molar-refractivity contribution >= 4 is 0 Å². The Bertz CT molecular complexity index is 469. The standard InChI is InChI=1S/C20H35NO2/c1-19-8-6-12(22)10-16(19)17(23)11-13-14-4-5-18(21-3)20(14,2)9-7-15(13)19/h12-18,21-23H,4-11H2,1-3H3/t12-,13-,14-,15-,16+,17-,18-,19+,20-/m0/s1. The van der Waals surface area contributed by atoms with Crippen LogP contribution in [0.5, 0.6) is 0 Å². The van der Waals surface area contributed by atoms with Crippen molar-refractivity contribution in [2.45, 2.75) is 83.5 Å². The van der Waals surface area contributed by atoms with Crippen molar-refractivity contribution in [2.24, 2.45) is 34.5 Å². The second kappa shape index (κ2) is 5.44. The van der Waals surface area contributed by atoms with Gasteiger partial charge in [0.15, 0.2) is 0 Å². The third-order valence-electron chi connectivity index (χ3n) is 9.00. The lowest BCUT2D eigenvalue weighted by molar-refractivity contribution is -0.168. The van der Waals surface area contributed by atoms with Crippen LogP contribution in [0, 0.1) is 34.5 Å². The molecule has 0 saturated heterocycles. The maximum absolute atomic E-state index is 10.9. The molecule has 3 heteroatoms. The molecule has 23 heavy (non-hydrogen) atoms. The van der Waals surface area contributed by atoms with Gasteiger partial charge in [-0.3, -0.25) is 0 Å². The van der Waals surface area contributed by atoms with E-state index in [1.807, 2.05) is 0 Å². The molecule has 0 heterocycles. The SMILES string of the molecule is CN[C@H]1CC[C@H]2[C@@H]3C[C@H](O)[C@H]4C[C@@H](O)CC[C@]4(C)[C@H]3CC[C@]12C. The predicted octanol–water partition coefficient (Wildman–Crippen LogP) is 2.95. The van der Waals surface area contributed by atoms with Crippen molar-refractivity contribution < 1.29 is 10.2 Å². The van der Waals surface area contributed by atoms with Gasteiger partial charge in [0.2, 0.25) is 0 Å². The number of aliphatic hydroxyl groups is 2. The topological polar surface area (TPSA) is 52.5 Å². The maximum atomic E-state index is 10.9. The Morgan fingerprint density at radius 2 is 1.52 bits per heavy atom. The molecule has 0 aromatic heterocycles. The van der Waals surface area contributed by atoms with Crippen molar-refractivity contribution in [3.8, 4) is 0 Å². The van der Waals surface area contributed by atoms with Gasteiger partial charge in [0.25, 0.3) is 0 Å². The minimum absolute atomic E-state index is 0.187. The van der Waals surface area contributed by atoms with Crippen LogP contribution in [0.4, 0.5) is 0 Å². The Hall–Kier alpha value is -0.120. The molecule has 4 aliphatic rings. The Labute approximate surface area is 141 Å². The van der Waals surface area contributed by atoms with E-state index in [9.17, 15) is 10.2 Å². The highest BCUT2D eigenvalue weighted by Crippen LogP contribution is 2.66. The van der Waals surface area contributed by atoms with Crippen LogP contribution in [0.15, 0.2) is 0 Å². The van der Waals surface area contributed by atoms with Crippen LogP contribution in [0.2, 0.25) is 0 Å². The lowest BCUT2D eigenvalue weighted by Crippen LogP contribution is -2.59.